The van der Waals surface area contributed by atoms with Crippen molar-refractivity contribution in [1.29, 1.82) is 0 Å². The monoisotopic (exact) mass is 236 g/mol. The molecule has 1 aliphatic heterocycles. The number of rotatable bonds is 4. The lowest BCUT2D eigenvalue weighted by Crippen LogP contribution is -2.39. The number of anilines is 1. The first-order valence-corrected chi connectivity index (χ1v) is 6.08. The lowest BCUT2D eigenvalue weighted by Gasteiger charge is -2.32. The Morgan fingerprint density at radius 1 is 1.47 bits per heavy atom. The maximum absolute atomic E-state index is 5.41. The number of ether oxygens (including phenoxy) is 1. The van der Waals surface area contributed by atoms with Gasteiger partial charge in [-0.3, -0.25) is 0 Å². The van der Waals surface area contributed by atoms with Crippen LogP contribution in [0, 0.1) is 0 Å². The quantitative estimate of drug-likeness (QED) is 0.838. The predicted octanol–water partition coefficient (Wildman–Crippen LogP) is 0.811. The molecule has 5 heteroatoms. The Morgan fingerprint density at radius 2 is 2.35 bits per heavy atom. The molecule has 5 nitrogen and oxygen atoms in total. The molecule has 94 valence electrons. The summed E-state index contributed by atoms with van der Waals surface area (Å²) in [6.07, 6.45) is 2.61. The average molecular weight is 236 g/mol. The van der Waals surface area contributed by atoms with E-state index in [0.29, 0.717) is 6.10 Å². The van der Waals surface area contributed by atoms with Crippen LogP contribution in [0.3, 0.4) is 0 Å². The van der Waals surface area contributed by atoms with Crippen molar-refractivity contribution in [2.75, 3.05) is 32.1 Å². The van der Waals surface area contributed by atoms with Crippen molar-refractivity contribution >= 4 is 5.82 Å². The van der Waals surface area contributed by atoms with E-state index in [1.807, 2.05) is 19.2 Å². The summed E-state index contributed by atoms with van der Waals surface area (Å²) >= 11 is 0. The first kappa shape index (κ1) is 12.3. The van der Waals surface area contributed by atoms with E-state index in [1.54, 1.807) is 7.11 Å². The molecule has 1 aromatic heterocycles. The van der Waals surface area contributed by atoms with E-state index in [0.717, 1.165) is 44.0 Å². The first-order valence-electron chi connectivity index (χ1n) is 6.08. The molecule has 0 amide bonds. The van der Waals surface area contributed by atoms with Crippen molar-refractivity contribution in [2.24, 2.45) is 0 Å². The minimum atomic E-state index is 0.322. The first-order chi connectivity index (χ1) is 8.33. The van der Waals surface area contributed by atoms with E-state index in [9.17, 15) is 0 Å². The summed E-state index contributed by atoms with van der Waals surface area (Å²) in [7, 11) is 3.68. The van der Waals surface area contributed by atoms with Crippen LogP contribution in [-0.4, -0.2) is 43.5 Å². The van der Waals surface area contributed by atoms with Gasteiger partial charge in [0.25, 0.3) is 0 Å². The van der Waals surface area contributed by atoms with Crippen molar-refractivity contribution < 1.29 is 4.74 Å². The molecule has 0 spiro atoms. The second-order valence-corrected chi connectivity index (χ2v) is 4.36. The molecule has 0 aliphatic carbocycles. The number of hydrogen-bond donors (Lipinski definition) is 1. The summed E-state index contributed by atoms with van der Waals surface area (Å²) in [6.45, 7) is 2.71. The zero-order valence-corrected chi connectivity index (χ0v) is 10.5. The SMILES string of the molecule is CNCc1ccc(N2CCCC(OC)C2)nn1. The molecule has 1 aliphatic rings. The summed E-state index contributed by atoms with van der Waals surface area (Å²) in [5, 5.41) is 11.5. The fourth-order valence-electron chi connectivity index (χ4n) is 2.14. The Labute approximate surface area is 102 Å². The van der Waals surface area contributed by atoms with Gasteiger partial charge in [-0.05, 0) is 32.0 Å². The van der Waals surface area contributed by atoms with Gasteiger partial charge in [0.05, 0.1) is 11.8 Å². The largest absolute Gasteiger partial charge is 0.380 e. The van der Waals surface area contributed by atoms with Gasteiger partial charge in [0.15, 0.2) is 5.82 Å². The molecule has 2 heterocycles. The van der Waals surface area contributed by atoms with Crippen LogP contribution in [0.5, 0.6) is 0 Å². The zero-order chi connectivity index (χ0) is 12.1. The van der Waals surface area contributed by atoms with Gasteiger partial charge in [-0.2, -0.15) is 5.10 Å². The Balaban J connectivity index is 2.01. The minimum Gasteiger partial charge on any atom is -0.380 e. The predicted molar refractivity (Wildman–Crippen MR) is 67.0 cm³/mol. The molecular formula is C12H20N4O. The third-order valence-electron chi connectivity index (χ3n) is 3.10. The zero-order valence-electron chi connectivity index (χ0n) is 10.5. The number of nitrogens with zero attached hydrogens (tertiary/aromatic N) is 3. The Morgan fingerprint density at radius 3 is 3.00 bits per heavy atom. The standard InChI is InChI=1S/C12H20N4O/c1-13-8-10-5-6-12(15-14-10)16-7-3-4-11(9-16)17-2/h5-6,11,13H,3-4,7-9H2,1-2H3. The van der Waals surface area contributed by atoms with Gasteiger partial charge < -0.3 is 15.0 Å². The number of nitrogens with one attached hydrogen (secondary N) is 1. The van der Waals surface area contributed by atoms with Crippen molar-refractivity contribution in [1.82, 2.24) is 15.5 Å². The van der Waals surface area contributed by atoms with Gasteiger partial charge in [-0.15, -0.1) is 5.10 Å². The van der Waals surface area contributed by atoms with Crippen LogP contribution in [0.1, 0.15) is 18.5 Å². The van der Waals surface area contributed by atoms with E-state index in [4.69, 9.17) is 4.74 Å². The third-order valence-corrected chi connectivity index (χ3v) is 3.10. The normalized spacial score (nSPS) is 20.6. The summed E-state index contributed by atoms with van der Waals surface area (Å²) in [5.74, 6) is 0.951. The molecule has 0 radical (unpaired) electrons. The average Bonchev–Trinajstić information content (AvgIpc) is 2.40. The fourth-order valence-corrected chi connectivity index (χ4v) is 2.14. The van der Waals surface area contributed by atoms with Gasteiger partial charge in [0.2, 0.25) is 0 Å². The number of aromatic nitrogens is 2. The summed E-state index contributed by atoms with van der Waals surface area (Å²) in [6, 6.07) is 4.06. The van der Waals surface area contributed by atoms with Crippen LogP contribution in [0.15, 0.2) is 12.1 Å². The Hall–Kier alpha value is -1.20. The van der Waals surface area contributed by atoms with E-state index in [-0.39, 0.29) is 0 Å². The molecule has 0 bridgehead atoms. The van der Waals surface area contributed by atoms with E-state index >= 15 is 0 Å². The maximum atomic E-state index is 5.41. The smallest absolute Gasteiger partial charge is 0.151 e. The minimum absolute atomic E-state index is 0.322. The van der Waals surface area contributed by atoms with Crippen molar-refractivity contribution in [3.63, 3.8) is 0 Å². The van der Waals surface area contributed by atoms with Gasteiger partial charge in [-0.25, -0.2) is 0 Å². The summed E-state index contributed by atoms with van der Waals surface area (Å²) in [4.78, 5) is 2.24. The highest BCUT2D eigenvalue weighted by atomic mass is 16.5. The summed E-state index contributed by atoms with van der Waals surface area (Å²) < 4.78 is 5.41. The highest BCUT2D eigenvalue weighted by Gasteiger charge is 2.20. The van der Waals surface area contributed by atoms with Crippen LogP contribution in [-0.2, 0) is 11.3 Å². The van der Waals surface area contributed by atoms with Crippen LogP contribution < -0.4 is 10.2 Å². The molecule has 0 aromatic carbocycles. The highest BCUT2D eigenvalue weighted by Crippen LogP contribution is 2.18. The molecular weight excluding hydrogens is 216 g/mol. The van der Waals surface area contributed by atoms with Crippen molar-refractivity contribution in [3.05, 3.63) is 17.8 Å². The molecule has 0 saturated carbocycles. The maximum Gasteiger partial charge on any atom is 0.151 e. The topological polar surface area (TPSA) is 50.3 Å². The highest BCUT2D eigenvalue weighted by molar-refractivity contribution is 5.38. The molecule has 1 atom stereocenters. The second kappa shape index (κ2) is 5.93. The van der Waals surface area contributed by atoms with E-state index < -0.39 is 0 Å². The van der Waals surface area contributed by atoms with Gasteiger partial charge in [0, 0.05) is 26.7 Å². The molecule has 1 unspecified atom stereocenters. The molecule has 1 saturated heterocycles. The van der Waals surface area contributed by atoms with Crippen molar-refractivity contribution in [3.8, 4) is 0 Å². The Bertz CT molecular complexity index is 341. The van der Waals surface area contributed by atoms with E-state index in [1.165, 1.54) is 0 Å². The number of methoxy groups -OCH3 is 1. The Kier molecular flexibility index (Phi) is 4.28. The van der Waals surface area contributed by atoms with Crippen LogP contribution in [0.25, 0.3) is 0 Å². The lowest BCUT2D eigenvalue weighted by molar-refractivity contribution is 0.0891. The number of hydrogen-bond acceptors (Lipinski definition) is 5. The molecule has 1 fully saturated rings. The fraction of sp³-hybridized carbons (Fsp3) is 0.667. The molecule has 1 aromatic rings. The summed E-state index contributed by atoms with van der Waals surface area (Å²) in [5.41, 5.74) is 0.969. The number of piperidine rings is 1. The second-order valence-electron chi connectivity index (χ2n) is 4.36. The molecule has 2 rings (SSSR count). The van der Waals surface area contributed by atoms with Crippen LogP contribution in [0.2, 0.25) is 0 Å². The van der Waals surface area contributed by atoms with Crippen LogP contribution in [0.4, 0.5) is 5.82 Å². The van der Waals surface area contributed by atoms with Crippen molar-refractivity contribution in [2.45, 2.75) is 25.5 Å². The van der Waals surface area contributed by atoms with E-state index in [2.05, 4.69) is 20.4 Å². The molecule has 17 heavy (non-hydrogen) atoms. The van der Waals surface area contributed by atoms with Gasteiger partial charge in [0.1, 0.15) is 0 Å². The lowest BCUT2D eigenvalue weighted by atomic mass is 10.1. The van der Waals surface area contributed by atoms with Gasteiger partial charge in [-0.1, -0.05) is 0 Å². The van der Waals surface area contributed by atoms with Gasteiger partial charge >= 0.3 is 0 Å². The third kappa shape index (κ3) is 3.14. The van der Waals surface area contributed by atoms with Crippen LogP contribution >= 0.6 is 0 Å². The molecule has 1 N–H and O–H groups in total.